The molecule has 0 aliphatic rings. The minimum Gasteiger partial charge on any atom is -0.550 e. The van der Waals surface area contributed by atoms with Gasteiger partial charge in [-0.3, -0.25) is 0 Å². The van der Waals surface area contributed by atoms with Crippen molar-refractivity contribution in [2.75, 3.05) is 0 Å². The van der Waals surface area contributed by atoms with E-state index in [1.54, 1.807) is 0 Å². The molecular weight excluding hydrogens is 573 g/mol. The summed E-state index contributed by atoms with van der Waals surface area (Å²) in [6.07, 6.45) is 33.5. The summed E-state index contributed by atoms with van der Waals surface area (Å²) in [6.45, 7) is 6.67. The van der Waals surface area contributed by atoms with Crippen LogP contribution in [0.5, 0.6) is 0 Å². The Morgan fingerprint density at radius 1 is 0.302 bits per heavy atom. The van der Waals surface area contributed by atoms with E-state index < -0.39 is 17.9 Å². The van der Waals surface area contributed by atoms with E-state index in [0.717, 1.165) is 38.5 Å². The molecule has 0 atom stereocenters. The molecule has 0 N–H and O–H groups in total. The molecule has 6 nitrogen and oxygen atoms in total. The van der Waals surface area contributed by atoms with Crippen molar-refractivity contribution in [2.24, 2.45) is 0 Å². The largest absolute Gasteiger partial charge is 3.00 e. The zero-order chi connectivity index (χ0) is 31.9. The topological polar surface area (TPSA) is 120 Å². The van der Waals surface area contributed by atoms with E-state index in [2.05, 4.69) is 20.8 Å². The molecule has 0 saturated carbocycles. The molecule has 0 spiro atoms. The minimum atomic E-state index is -0.909. The first-order valence-electron chi connectivity index (χ1n) is 17.9. The third-order valence-corrected chi connectivity index (χ3v) is 7.45. The van der Waals surface area contributed by atoms with Gasteiger partial charge in [0.25, 0.3) is 0 Å². The van der Waals surface area contributed by atoms with Crippen molar-refractivity contribution in [3.8, 4) is 0 Å². The van der Waals surface area contributed by atoms with Crippen molar-refractivity contribution in [1.82, 2.24) is 0 Å². The maximum atomic E-state index is 10.1. The van der Waals surface area contributed by atoms with Crippen molar-refractivity contribution in [1.29, 1.82) is 0 Å². The number of rotatable bonds is 30. The average Bonchev–Trinajstić information content (AvgIpc) is 2.95. The van der Waals surface area contributed by atoms with Crippen LogP contribution >= 0.6 is 0 Å². The standard InChI is InChI=1S/3C12H24O2.Sc/c3*1-2-3-4-5-6-7-8-9-10-11-12(13)14;/h3*2-11H2,1H3,(H,13,14);/q;;;+3/p-3. The summed E-state index contributed by atoms with van der Waals surface area (Å²) in [7, 11) is 0. The van der Waals surface area contributed by atoms with Gasteiger partial charge in [-0.25, -0.2) is 0 Å². The summed E-state index contributed by atoms with van der Waals surface area (Å²) < 4.78 is 0. The molecule has 0 radical (unpaired) electrons. The van der Waals surface area contributed by atoms with Crippen LogP contribution in [0.4, 0.5) is 0 Å². The Labute approximate surface area is 285 Å². The molecule has 252 valence electrons. The van der Waals surface area contributed by atoms with Crippen molar-refractivity contribution < 1.29 is 55.5 Å². The van der Waals surface area contributed by atoms with Crippen LogP contribution in [-0.2, 0) is 40.2 Å². The summed E-state index contributed by atoms with van der Waals surface area (Å²) >= 11 is 0. The van der Waals surface area contributed by atoms with Gasteiger partial charge in [-0.05, 0) is 38.5 Å². The fourth-order valence-electron chi connectivity index (χ4n) is 4.74. The zero-order valence-corrected chi connectivity index (χ0v) is 30.5. The molecule has 0 aromatic carbocycles. The fourth-order valence-corrected chi connectivity index (χ4v) is 4.74. The van der Waals surface area contributed by atoms with Gasteiger partial charge in [-0.1, -0.05) is 175 Å². The van der Waals surface area contributed by atoms with Crippen LogP contribution in [0.3, 0.4) is 0 Å². The zero-order valence-electron chi connectivity index (χ0n) is 28.7. The van der Waals surface area contributed by atoms with Crippen molar-refractivity contribution in [2.45, 2.75) is 213 Å². The van der Waals surface area contributed by atoms with Crippen LogP contribution in [0, 0.1) is 0 Å². The van der Waals surface area contributed by atoms with Gasteiger partial charge in [0.05, 0.1) is 0 Å². The Balaban J connectivity index is -0.000000262. The monoisotopic (exact) mass is 642 g/mol. The maximum absolute atomic E-state index is 10.1. The van der Waals surface area contributed by atoms with E-state index in [1.165, 1.54) is 135 Å². The van der Waals surface area contributed by atoms with Crippen LogP contribution < -0.4 is 15.3 Å². The van der Waals surface area contributed by atoms with Gasteiger partial charge in [0, 0.05) is 17.9 Å². The van der Waals surface area contributed by atoms with E-state index in [1.807, 2.05) is 0 Å². The van der Waals surface area contributed by atoms with Crippen LogP contribution in [-0.4, -0.2) is 17.9 Å². The number of unbranched alkanes of at least 4 members (excludes halogenated alkanes) is 24. The van der Waals surface area contributed by atoms with Crippen LogP contribution in [0.2, 0.25) is 0 Å². The van der Waals surface area contributed by atoms with E-state index in [0.29, 0.717) is 0 Å². The number of carbonyl (C=O) groups is 3. The van der Waals surface area contributed by atoms with Gasteiger partial charge < -0.3 is 29.7 Å². The van der Waals surface area contributed by atoms with Crippen molar-refractivity contribution in [3.05, 3.63) is 0 Å². The average molecular weight is 643 g/mol. The molecule has 0 bridgehead atoms. The molecule has 0 aliphatic heterocycles. The van der Waals surface area contributed by atoms with E-state index in [4.69, 9.17) is 0 Å². The molecule has 0 aromatic rings. The normalized spacial score (nSPS) is 10.1. The van der Waals surface area contributed by atoms with Crippen LogP contribution in [0.1, 0.15) is 213 Å². The van der Waals surface area contributed by atoms with E-state index in [-0.39, 0.29) is 45.1 Å². The summed E-state index contributed by atoms with van der Waals surface area (Å²) in [5.41, 5.74) is 0. The quantitative estimate of drug-likeness (QED) is 0.0733. The molecule has 0 unspecified atom stereocenters. The summed E-state index contributed by atoms with van der Waals surface area (Å²) in [4.78, 5) is 30.3. The number of aliphatic carboxylic acids is 3. The number of carboxylic acid groups (broad SMARTS) is 3. The Morgan fingerprint density at radius 2 is 0.442 bits per heavy atom. The predicted octanol–water partition coefficient (Wildman–Crippen LogP) is 7.97. The van der Waals surface area contributed by atoms with Gasteiger partial charge in [0.15, 0.2) is 0 Å². The fraction of sp³-hybridized carbons (Fsp3) is 0.917. The van der Waals surface area contributed by atoms with Crippen LogP contribution in [0.15, 0.2) is 0 Å². The van der Waals surface area contributed by atoms with Crippen LogP contribution in [0.25, 0.3) is 0 Å². The first kappa shape index (κ1) is 49.2. The molecule has 0 saturated heterocycles. The van der Waals surface area contributed by atoms with E-state index in [9.17, 15) is 29.7 Å². The van der Waals surface area contributed by atoms with E-state index >= 15 is 0 Å². The molecule has 0 aromatic heterocycles. The molecule has 0 heterocycles. The number of carboxylic acids is 3. The van der Waals surface area contributed by atoms with Gasteiger partial charge in [-0.15, -0.1) is 0 Å². The van der Waals surface area contributed by atoms with Gasteiger partial charge in [0.1, 0.15) is 0 Å². The summed E-state index contributed by atoms with van der Waals surface area (Å²) in [6, 6.07) is 0. The molecular formula is C36H69O6Sc. The minimum absolute atomic E-state index is 0. The van der Waals surface area contributed by atoms with Crippen molar-refractivity contribution in [3.63, 3.8) is 0 Å². The maximum Gasteiger partial charge on any atom is 3.00 e. The third kappa shape index (κ3) is 61.1. The molecule has 7 heteroatoms. The third-order valence-electron chi connectivity index (χ3n) is 7.45. The second-order valence-electron chi connectivity index (χ2n) is 11.9. The number of carbonyl (C=O) groups excluding carboxylic acids is 3. The SMILES string of the molecule is CCCCCCCCCCCC(=O)[O-].CCCCCCCCCCCC(=O)[O-].CCCCCCCCCCCC(=O)[O-].[Sc+3]. The smallest absolute Gasteiger partial charge is 0.550 e. The Hall–Kier alpha value is -0.720. The molecule has 0 aliphatic carbocycles. The molecule has 0 rings (SSSR count). The predicted molar refractivity (Wildman–Crippen MR) is 171 cm³/mol. The molecule has 43 heavy (non-hydrogen) atoms. The second-order valence-corrected chi connectivity index (χ2v) is 11.9. The Kier molecular flexibility index (Phi) is 52.3. The number of hydrogen-bond acceptors (Lipinski definition) is 6. The van der Waals surface area contributed by atoms with Gasteiger partial charge in [0.2, 0.25) is 0 Å². The summed E-state index contributed by atoms with van der Waals surface area (Å²) in [5.74, 6) is -2.73. The second kappa shape index (κ2) is 45.7. The molecule has 0 amide bonds. The number of hydrogen-bond donors (Lipinski definition) is 0. The summed E-state index contributed by atoms with van der Waals surface area (Å²) in [5, 5.41) is 30.3. The Bertz CT molecular complexity index is 480. The Morgan fingerprint density at radius 3 is 0.581 bits per heavy atom. The first-order valence-corrected chi connectivity index (χ1v) is 17.9. The molecule has 0 fully saturated rings. The first-order chi connectivity index (χ1) is 20.3. The van der Waals surface area contributed by atoms with Gasteiger partial charge in [-0.2, -0.15) is 0 Å². The van der Waals surface area contributed by atoms with Crippen molar-refractivity contribution >= 4 is 17.9 Å². The van der Waals surface area contributed by atoms with Gasteiger partial charge >= 0.3 is 25.8 Å².